The minimum atomic E-state index is -0.911. The van der Waals surface area contributed by atoms with Gasteiger partial charge in [-0.2, -0.15) is 0 Å². The molecule has 9 heteroatoms. The molecule has 0 saturated carbocycles. The molecule has 3 aromatic heterocycles. The van der Waals surface area contributed by atoms with Gasteiger partial charge in [-0.1, -0.05) is 17.0 Å². The molecule has 1 aliphatic heterocycles. The average molecular weight is 513 g/mol. The number of benzene rings is 1. The van der Waals surface area contributed by atoms with Crippen LogP contribution in [0.5, 0.6) is 0 Å². The van der Waals surface area contributed by atoms with E-state index in [1.165, 1.54) is 0 Å². The van der Waals surface area contributed by atoms with Crippen LogP contribution in [0, 0.1) is 11.8 Å². The topological polar surface area (TPSA) is 112 Å². The number of hydrogen-bond acceptors (Lipinski definition) is 7. The maximum atomic E-state index is 10.8. The van der Waals surface area contributed by atoms with E-state index in [1.54, 1.807) is 24.5 Å². The molecule has 0 amide bonds. The van der Waals surface area contributed by atoms with E-state index >= 15 is 0 Å². The number of carboxylic acids is 1. The second kappa shape index (κ2) is 11.9. The molecular weight excluding hydrogens is 484 g/mol. The number of aliphatic carboxylic acids is 1. The van der Waals surface area contributed by atoms with Gasteiger partial charge in [0.2, 0.25) is 0 Å². The van der Waals surface area contributed by atoms with Gasteiger partial charge in [-0.3, -0.25) is 9.78 Å². The summed E-state index contributed by atoms with van der Waals surface area (Å²) < 4.78 is 19.4. The second-order valence-corrected chi connectivity index (χ2v) is 9.11. The highest BCUT2D eigenvalue weighted by molar-refractivity contribution is 5.69. The van der Waals surface area contributed by atoms with Crippen LogP contribution in [0.25, 0.3) is 11.3 Å². The Morgan fingerprint density at radius 1 is 1.13 bits per heavy atom. The van der Waals surface area contributed by atoms with Crippen LogP contribution >= 0.6 is 0 Å². The summed E-state index contributed by atoms with van der Waals surface area (Å²) in [6.45, 7) is 3.24. The number of carboxylic acid groups (broad SMARTS) is 1. The van der Waals surface area contributed by atoms with E-state index < -0.39 is 5.97 Å². The van der Waals surface area contributed by atoms with Gasteiger partial charge >= 0.3 is 5.97 Å². The van der Waals surface area contributed by atoms with Crippen molar-refractivity contribution in [2.75, 3.05) is 6.61 Å². The van der Waals surface area contributed by atoms with E-state index in [4.69, 9.17) is 19.1 Å². The predicted molar refractivity (Wildman–Crippen MR) is 138 cm³/mol. The summed E-state index contributed by atoms with van der Waals surface area (Å²) in [6.07, 6.45) is 7.86. The summed E-state index contributed by atoms with van der Waals surface area (Å²) in [6, 6.07) is 13.1. The summed E-state index contributed by atoms with van der Waals surface area (Å²) in [5.74, 6) is 6.72. The number of ether oxygens (including phenoxy) is 2. The van der Waals surface area contributed by atoms with E-state index in [-0.39, 0.29) is 18.8 Å². The van der Waals surface area contributed by atoms with Crippen molar-refractivity contribution >= 4 is 5.97 Å². The minimum Gasteiger partial charge on any atom is -0.481 e. The summed E-state index contributed by atoms with van der Waals surface area (Å²) in [7, 11) is 0. The number of imidazole rings is 1. The maximum Gasteiger partial charge on any atom is 0.309 e. The number of rotatable bonds is 8. The molecule has 1 fully saturated rings. The monoisotopic (exact) mass is 512 g/mol. The van der Waals surface area contributed by atoms with Gasteiger partial charge in [-0.15, -0.1) is 0 Å². The van der Waals surface area contributed by atoms with Crippen LogP contribution in [0.2, 0.25) is 0 Å². The molecule has 9 nitrogen and oxygen atoms in total. The molecule has 4 heterocycles. The summed E-state index contributed by atoms with van der Waals surface area (Å²) in [5.41, 5.74) is 3.73. The highest BCUT2D eigenvalue weighted by Crippen LogP contribution is 2.25. The Morgan fingerprint density at radius 3 is 2.68 bits per heavy atom. The van der Waals surface area contributed by atoms with Gasteiger partial charge < -0.3 is 23.7 Å². The van der Waals surface area contributed by atoms with Crippen LogP contribution in [-0.2, 0) is 27.2 Å². The van der Waals surface area contributed by atoms with Gasteiger partial charge in [0.15, 0.2) is 12.1 Å². The van der Waals surface area contributed by atoms with Crippen molar-refractivity contribution in [1.82, 2.24) is 19.7 Å². The molecule has 0 aliphatic carbocycles. The first-order valence-electron chi connectivity index (χ1n) is 12.6. The lowest BCUT2D eigenvalue weighted by Gasteiger charge is -2.26. The molecule has 2 unspecified atom stereocenters. The first-order chi connectivity index (χ1) is 18.5. The highest BCUT2D eigenvalue weighted by Gasteiger charge is 2.21. The molecule has 38 heavy (non-hydrogen) atoms. The zero-order valence-electron chi connectivity index (χ0n) is 21.0. The summed E-state index contributed by atoms with van der Waals surface area (Å²) in [4.78, 5) is 19.4. The van der Waals surface area contributed by atoms with Crippen LogP contribution < -0.4 is 0 Å². The van der Waals surface area contributed by atoms with Crippen molar-refractivity contribution in [3.8, 4) is 23.2 Å². The normalized spacial score (nSPS) is 16.0. The predicted octanol–water partition coefficient (Wildman–Crippen LogP) is 4.61. The van der Waals surface area contributed by atoms with Crippen molar-refractivity contribution in [2.45, 2.75) is 51.5 Å². The van der Waals surface area contributed by atoms with E-state index in [2.05, 4.69) is 27.0 Å². The fourth-order valence-electron chi connectivity index (χ4n) is 4.24. The fraction of sp³-hybridized carbons (Fsp3) is 0.310. The molecule has 1 aromatic carbocycles. The molecule has 1 N–H and O–H groups in total. The molecular formula is C29H28N4O5. The van der Waals surface area contributed by atoms with E-state index in [1.807, 2.05) is 48.0 Å². The molecule has 5 rings (SSSR count). The van der Waals surface area contributed by atoms with Crippen LogP contribution in [0.4, 0.5) is 0 Å². The number of nitrogens with zero attached hydrogens (tertiary/aromatic N) is 4. The van der Waals surface area contributed by atoms with Gasteiger partial charge in [0.1, 0.15) is 17.6 Å². The largest absolute Gasteiger partial charge is 0.481 e. The van der Waals surface area contributed by atoms with Crippen molar-refractivity contribution in [3.63, 3.8) is 0 Å². The molecule has 4 aromatic rings. The standard InChI is InChI=1S/C29H28N4O5/c1-20(37-28-4-2-3-15-36-28)29-30-13-14-33(29)19-25-16-26(38-32-25)23-10-7-21(8-11-23)5-6-22-9-12-24(31-18-22)17-27(34)35/h7-14,16,18,20,28H,2-4,15,17,19H2,1H3,(H,34,35). The Hall–Kier alpha value is -4.26. The second-order valence-electron chi connectivity index (χ2n) is 9.11. The third kappa shape index (κ3) is 6.54. The van der Waals surface area contributed by atoms with Crippen molar-refractivity contribution in [2.24, 2.45) is 0 Å². The average Bonchev–Trinajstić information content (AvgIpc) is 3.59. The fourth-order valence-corrected chi connectivity index (χ4v) is 4.24. The molecule has 1 saturated heterocycles. The molecule has 2 atom stereocenters. The van der Waals surface area contributed by atoms with Gasteiger partial charge in [-0.05, 0) is 62.6 Å². The molecule has 194 valence electrons. The Bertz CT molecular complexity index is 1420. The molecule has 0 bridgehead atoms. The summed E-state index contributed by atoms with van der Waals surface area (Å²) in [5, 5.41) is 13.1. The zero-order valence-corrected chi connectivity index (χ0v) is 21.0. The van der Waals surface area contributed by atoms with E-state index in [9.17, 15) is 4.79 Å². The SMILES string of the molecule is CC(OC1CCCCO1)c1nccn1Cc1cc(-c2ccc(C#Cc3ccc(CC(=O)O)nc3)cc2)on1. The van der Waals surface area contributed by atoms with Crippen LogP contribution in [0.15, 0.2) is 65.6 Å². The van der Waals surface area contributed by atoms with Gasteiger partial charge in [0.05, 0.1) is 18.7 Å². The Kier molecular flexibility index (Phi) is 7.92. The molecule has 0 radical (unpaired) electrons. The Labute approximate surface area is 220 Å². The Balaban J connectivity index is 1.20. The quantitative estimate of drug-likeness (QED) is 0.341. The molecule has 0 spiro atoms. The molecule has 1 aliphatic rings. The van der Waals surface area contributed by atoms with E-state index in [0.717, 1.165) is 48.5 Å². The first kappa shape index (κ1) is 25.4. The van der Waals surface area contributed by atoms with Crippen molar-refractivity contribution < 1.29 is 23.9 Å². The number of pyridine rings is 1. The third-order valence-corrected chi connectivity index (χ3v) is 6.17. The smallest absolute Gasteiger partial charge is 0.309 e. The van der Waals surface area contributed by atoms with Crippen LogP contribution in [-0.4, -0.2) is 43.7 Å². The van der Waals surface area contributed by atoms with Crippen LogP contribution in [0.1, 0.15) is 60.6 Å². The van der Waals surface area contributed by atoms with Crippen LogP contribution in [0.3, 0.4) is 0 Å². The zero-order chi connectivity index (χ0) is 26.3. The summed E-state index contributed by atoms with van der Waals surface area (Å²) >= 11 is 0. The van der Waals surface area contributed by atoms with Gasteiger partial charge in [-0.25, -0.2) is 4.98 Å². The number of hydrogen-bond donors (Lipinski definition) is 1. The third-order valence-electron chi connectivity index (χ3n) is 6.17. The minimum absolute atomic E-state index is 0.106. The Morgan fingerprint density at radius 2 is 1.95 bits per heavy atom. The number of carbonyl (C=O) groups is 1. The lowest BCUT2D eigenvalue weighted by Crippen LogP contribution is -2.24. The lowest BCUT2D eigenvalue weighted by molar-refractivity contribution is -0.188. The lowest BCUT2D eigenvalue weighted by atomic mass is 10.1. The van der Waals surface area contributed by atoms with Crippen molar-refractivity contribution in [1.29, 1.82) is 0 Å². The van der Waals surface area contributed by atoms with Gasteiger partial charge in [0.25, 0.3) is 0 Å². The van der Waals surface area contributed by atoms with E-state index in [0.29, 0.717) is 23.6 Å². The van der Waals surface area contributed by atoms with Gasteiger partial charge in [0, 0.05) is 48.0 Å². The first-order valence-corrected chi connectivity index (χ1v) is 12.6. The maximum absolute atomic E-state index is 10.8. The van der Waals surface area contributed by atoms with Crippen molar-refractivity contribution in [3.05, 3.63) is 89.4 Å². The number of aromatic nitrogens is 4. The highest BCUT2D eigenvalue weighted by atomic mass is 16.7.